The number of carbonyl (C=O) groups is 3. The summed E-state index contributed by atoms with van der Waals surface area (Å²) in [7, 11) is 3.45. The number of alkyl carbamates (subject to hydrolysis) is 1. The number of hydrogen-bond acceptors (Lipinski definition) is 7. The Kier molecular flexibility index (Phi) is 7.42. The van der Waals surface area contributed by atoms with Crippen molar-refractivity contribution in [3.8, 4) is 11.1 Å². The van der Waals surface area contributed by atoms with Crippen LogP contribution in [0.3, 0.4) is 0 Å². The molecule has 0 saturated carbocycles. The molecule has 1 atom stereocenters. The van der Waals surface area contributed by atoms with Crippen LogP contribution in [0.5, 0.6) is 0 Å². The van der Waals surface area contributed by atoms with Crippen molar-refractivity contribution in [3.63, 3.8) is 0 Å². The number of amides is 2. The van der Waals surface area contributed by atoms with Gasteiger partial charge in [-0.3, -0.25) is 4.79 Å². The van der Waals surface area contributed by atoms with Gasteiger partial charge in [-0.05, 0) is 36.3 Å². The lowest BCUT2D eigenvalue weighted by Gasteiger charge is -2.18. The number of nitrogens with one attached hydrogen (secondary N) is 2. The maximum atomic E-state index is 12.4. The summed E-state index contributed by atoms with van der Waals surface area (Å²) in [6, 6.07) is 15.2. The van der Waals surface area contributed by atoms with Gasteiger partial charge in [0.25, 0.3) is 5.91 Å². The molecule has 182 valence electrons. The molecule has 0 bridgehead atoms. The first kappa shape index (κ1) is 24.4. The zero-order valence-electron chi connectivity index (χ0n) is 19.4. The zero-order chi connectivity index (χ0) is 24.9. The van der Waals surface area contributed by atoms with Gasteiger partial charge < -0.3 is 25.4 Å². The van der Waals surface area contributed by atoms with Gasteiger partial charge in [0.1, 0.15) is 22.5 Å². The van der Waals surface area contributed by atoms with E-state index in [4.69, 9.17) is 4.74 Å². The molecule has 1 aliphatic rings. The van der Waals surface area contributed by atoms with Crippen LogP contribution in [0.15, 0.2) is 54.7 Å². The van der Waals surface area contributed by atoms with Crippen LogP contribution in [-0.4, -0.2) is 66.2 Å². The normalized spacial score (nSPS) is 13.1. The highest BCUT2D eigenvalue weighted by Crippen LogP contribution is 2.44. The lowest BCUT2D eigenvalue weighted by Crippen LogP contribution is -2.46. The first-order chi connectivity index (χ1) is 16.8. The second kappa shape index (κ2) is 10.7. The number of benzene rings is 2. The predicted molar refractivity (Wildman–Crippen MR) is 131 cm³/mol. The summed E-state index contributed by atoms with van der Waals surface area (Å²) in [6.45, 7) is 0.457. The molecule has 35 heavy (non-hydrogen) atoms. The molecule has 0 saturated heterocycles. The van der Waals surface area contributed by atoms with Gasteiger partial charge in [-0.15, -0.1) is 11.3 Å². The molecular weight excluding hydrogens is 468 g/mol. The molecule has 9 nitrogen and oxygen atoms in total. The van der Waals surface area contributed by atoms with Gasteiger partial charge in [-0.1, -0.05) is 48.5 Å². The molecule has 4 rings (SSSR count). The van der Waals surface area contributed by atoms with Crippen molar-refractivity contribution in [1.29, 1.82) is 0 Å². The van der Waals surface area contributed by atoms with E-state index >= 15 is 0 Å². The summed E-state index contributed by atoms with van der Waals surface area (Å²) in [5.41, 5.74) is 4.57. The van der Waals surface area contributed by atoms with E-state index in [2.05, 4.69) is 39.9 Å². The fourth-order valence-electron chi connectivity index (χ4n) is 4.07. The molecule has 1 heterocycles. The molecule has 1 aromatic heterocycles. The Morgan fingerprint density at radius 2 is 1.71 bits per heavy atom. The molecule has 0 spiro atoms. The Labute approximate surface area is 206 Å². The number of hydrogen-bond donors (Lipinski definition) is 3. The van der Waals surface area contributed by atoms with Crippen molar-refractivity contribution < 1.29 is 24.2 Å². The molecule has 2 amide bonds. The number of rotatable bonds is 9. The number of likely N-dealkylation sites (N-methyl/N-ethyl adjacent to an activating group) is 1. The molecular formula is C25H26N4O5S. The van der Waals surface area contributed by atoms with Gasteiger partial charge in [0.2, 0.25) is 0 Å². The molecule has 0 radical (unpaired) electrons. The minimum Gasteiger partial charge on any atom is -0.480 e. The minimum absolute atomic E-state index is 0.0346. The third kappa shape index (κ3) is 5.67. The van der Waals surface area contributed by atoms with Crippen molar-refractivity contribution >= 4 is 29.3 Å². The molecule has 10 heteroatoms. The lowest BCUT2D eigenvalue weighted by molar-refractivity contribution is -0.139. The second-order valence-electron chi connectivity index (χ2n) is 8.42. The lowest BCUT2D eigenvalue weighted by atomic mass is 9.98. The number of aliphatic carboxylic acids is 1. The van der Waals surface area contributed by atoms with Gasteiger partial charge >= 0.3 is 12.1 Å². The van der Waals surface area contributed by atoms with Gasteiger partial charge in [0, 0.05) is 12.5 Å². The number of fused-ring (bicyclic) bond motifs is 3. The monoisotopic (exact) mass is 494 g/mol. The molecule has 1 aliphatic carbocycles. The third-order valence-corrected chi connectivity index (χ3v) is 6.65. The van der Waals surface area contributed by atoms with Gasteiger partial charge in [-0.25, -0.2) is 14.6 Å². The summed E-state index contributed by atoms with van der Waals surface area (Å²) < 4.78 is 5.51. The Bertz CT molecular complexity index is 1200. The highest BCUT2D eigenvalue weighted by Gasteiger charge is 2.29. The van der Waals surface area contributed by atoms with E-state index in [0.717, 1.165) is 33.6 Å². The van der Waals surface area contributed by atoms with Crippen molar-refractivity contribution in [2.45, 2.75) is 18.5 Å². The Morgan fingerprint density at radius 3 is 2.31 bits per heavy atom. The Hall–Kier alpha value is -3.76. The molecule has 0 aliphatic heterocycles. The molecule has 0 unspecified atom stereocenters. The average molecular weight is 495 g/mol. The number of ether oxygens (including phenoxy) is 1. The summed E-state index contributed by atoms with van der Waals surface area (Å²) in [6.07, 6.45) is 0.786. The predicted octanol–water partition coefficient (Wildman–Crippen LogP) is 2.93. The number of carboxylic acid groups (broad SMARTS) is 1. The Morgan fingerprint density at radius 1 is 1.09 bits per heavy atom. The van der Waals surface area contributed by atoms with Gasteiger partial charge in [-0.2, -0.15) is 0 Å². The van der Waals surface area contributed by atoms with Gasteiger partial charge in [0.05, 0.1) is 12.7 Å². The topological polar surface area (TPSA) is 121 Å². The highest BCUT2D eigenvalue weighted by molar-refractivity contribution is 7.13. The summed E-state index contributed by atoms with van der Waals surface area (Å²) in [4.78, 5) is 42.2. The van der Waals surface area contributed by atoms with Crippen LogP contribution in [0.1, 0.15) is 31.7 Å². The van der Waals surface area contributed by atoms with E-state index in [1.54, 1.807) is 19.0 Å². The number of thiazole rings is 1. The molecule has 0 fully saturated rings. The van der Waals surface area contributed by atoms with E-state index in [1.807, 2.05) is 24.3 Å². The van der Waals surface area contributed by atoms with Crippen molar-refractivity contribution in [3.05, 3.63) is 75.7 Å². The van der Waals surface area contributed by atoms with Crippen molar-refractivity contribution in [1.82, 2.24) is 20.5 Å². The summed E-state index contributed by atoms with van der Waals surface area (Å²) in [5, 5.41) is 14.9. The van der Waals surface area contributed by atoms with E-state index in [9.17, 15) is 19.5 Å². The minimum atomic E-state index is -1.12. The smallest absolute Gasteiger partial charge is 0.407 e. The van der Waals surface area contributed by atoms with Crippen LogP contribution in [-0.2, 0) is 16.1 Å². The maximum Gasteiger partial charge on any atom is 0.407 e. The van der Waals surface area contributed by atoms with Crippen molar-refractivity contribution in [2.75, 3.05) is 27.2 Å². The van der Waals surface area contributed by atoms with Crippen molar-refractivity contribution in [2.24, 2.45) is 0 Å². The highest BCUT2D eigenvalue weighted by atomic mass is 32.1. The molecule has 3 aromatic rings. The van der Waals surface area contributed by atoms with Crippen LogP contribution >= 0.6 is 11.3 Å². The fourth-order valence-corrected chi connectivity index (χ4v) is 4.83. The molecule has 3 N–H and O–H groups in total. The molecule has 2 aromatic carbocycles. The SMILES string of the molecule is CN(C)C[C@H](NC(=O)c1cnc(CNC(=O)OCC2c3ccccc3-c3ccccc32)s1)C(=O)O. The number of nitrogens with zero attached hydrogens (tertiary/aromatic N) is 2. The standard InChI is InChI=1S/C25H26N4O5S/c1-29(2)13-20(24(31)32)28-23(30)21-11-26-22(35-21)12-27-25(33)34-14-19-17-9-5-3-7-15(17)16-8-4-6-10-18(16)19/h3-11,19-20H,12-14H2,1-2H3,(H,27,33)(H,28,30)(H,31,32)/t20-/m0/s1. The third-order valence-electron chi connectivity index (χ3n) is 5.66. The number of carbonyl (C=O) groups excluding carboxylic acids is 2. The largest absolute Gasteiger partial charge is 0.480 e. The Balaban J connectivity index is 1.30. The maximum absolute atomic E-state index is 12.4. The zero-order valence-corrected chi connectivity index (χ0v) is 20.2. The van der Waals surface area contributed by atoms with Gasteiger partial charge in [0.15, 0.2) is 0 Å². The summed E-state index contributed by atoms with van der Waals surface area (Å²) in [5.74, 6) is -1.68. The van der Waals surface area contributed by atoms with E-state index in [0.29, 0.717) is 5.01 Å². The first-order valence-corrected chi connectivity index (χ1v) is 11.9. The van der Waals surface area contributed by atoms with Crippen LogP contribution in [0.25, 0.3) is 11.1 Å². The number of carboxylic acids is 1. The van der Waals surface area contributed by atoms with Crippen LogP contribution in [0.4, 0.5) is 4.79 Å². The number of aromatic nitrogens is 1. The van der Waals surface area contributed by atoms with Crippen LogP contribution in [0, 0.1) is 0 Å². The van der Waals surface area contributed by atoms with E-state index in [-0.39, 0.29) is 30.5 Å². The van der Waals surface area contributed by atoms with E-state index in [1.165, 1.54) is 6.20 Å². The second-order valence-corrected chi connectivity index (χ2v) is 9.54. The summed E-state index contributed by atoms with van der Waals surface area (Å²) >= 11 is 1.08. The van der Waals surface area contributed by atoms with Crippen LogP contribution < -0.4 is 10.6 Å². The quantitative estimate of drug-likeness (QED) is 0.418. The fraction of sp³-hybridized carbons (Fsp3) is 0.280. The average Bonchev–Trinajstić information content (AvgIpc) is 3.44. The van der Waals surface area contributed by atoms with Crippen LogP contribution in [0.2, 0.25) is 0 Å². The first-order valence-electron chi connectivity index (χ1n) is 11.1. The van der Waals surface area contributed by atoms with E-state index < -0.39 is 24.0 Å².